The average molecular weight is 291 g/mol. The molecule has 0 amide bonds. The Bertz CT molecular complexity index is 516. The lowest BCUT2D eigenvalue weighted by atomic mass is 9.89. The van der Waals surface area contributed by atoms with E-state index in [-0.39, 0.29) is 12.5 Å². The van der Waals surface area contributed by atoms with Gasteiger partial charge in [0.15, 0.2) is 23.3 Å². The third-order valence-corrected chi connectivity index (χ3v) is 4.64. The zero-order valence-electron chi connectivity index (χ0n) is 10.7. The van der Waals surface area contributed by atoms with E-state index >= 15 is 0 Å². The second-order valence-corrected chi connectivity index (χ2v) is 5.76. The fourth-order valence-electron chi connectivity index (χ4n) is 3.62. The number of hydrogen-bond donors (Lipinski definition) is 1. The summed E-state index contributed by atoms with van der Waals surface area (Å²) in [6, 6.07) is 0. The summed E-state index contributed by atoms with van der Waals surface area (Å²) in [5.41, 5.74) is -0.913. The van der Waals surface area contributed by atoms with Crippen LogP contribution in [0.3, 0.4) is 0 Å². The van der Waals surface area contributed by atoms with E-state index in [1.165, 1.54) is 6.42 Å². The van der Waals surface area contributed by atoms with Gasteiger partial charge >= 0.3 is 0 Å². The van der Waals surface area contributed by atoms with Crippen molar-refractivity contribution < 1.29 is 22.0 Å². The molecule has 0 saturated heterocycles. The number of rotatable bonds is 3. The predicted molar refractivity (Wildman–Crippen MR) is 63.7 cm³/mol. The molecule has 0 heterocycles. The van der Waals surface area contributed by atoms with Crippen LogP contribution in [0.2, 0.25) is 0 Å². The summed E-state index contributed by atoms with van der Waals surface area (Å²) in [5.74, 6) is -8.08. The predicted octanol–water partition coefficient (Wildman–Crippen LogP) is 4.23. The fourth-order valence-corrected chi connectivity index (χ4v) is 3.62. The van der Waals surface area contributed by atoms with E-state index in [0.29, 0.717) is 11.8 Å². The first-order valence-corrected chi connectivity index (χ1v) is 6.74. The highest BCUT2D eigenvalue weighted by Gasteiger charge is 2.39. The summed E-state index contributed by atoms with van der Waals surface area (Å²) >= 11 is 0. The Morgan fingerprint density at radius 1 is 0.800 bits per heavy atom. The molecule has 0 radical (unpaired) electrons. The summed E-state index contributed by atoms with van der Waals surface area (Å²) < 4.78 is 66.0. The zero-order valence-corrected chi connectivity index (χ0v) is 10.7. The maximum Gasteiger partial charge on any atom is 0.200 e. The van der Waals surface area contributed by atoms with Gasteiger partial charge in [-0.3, -0.25) is 0 Å². The quantitative estimate of drug-likeness (QED) is 0.499. The first-order chi connectivity index (χ1) is 9.49. The lowest BCUT2D eigenvalue weighted by Gasteiger charge is -2.22. The number of halogens is 5. The minimum atomic E-state index is -2.12. The van der Waals surface area contributed by atoms with Crippen LogP contribution < -0.4 is 5.32 Å². The molecule has 1 aromatic carbocycles. The molecule has 1 N–H and O–H groups in total. The Hall–Kier alpha value is -1.33. The van der Waals surface area contributed by atoms with E-state index in [2.05, 4.69) is 5.32 Å². The van der Waals surface area contributed by atoms with E-state index in [0.717, 1.165) is 19.3 Å². The van der Waals surface area contributed by atoms with Crippen molar-refractivity contribution in [3.63, 3.8) is 0 Å². The van der Waals surface area contributed by atoms with E-state index in [1.807, 2.05) is 0 Å². The van der Waals surface area contributed by atoms with E-state index in [1.54, 1.807) is 0 Å². The van der Waals surface area contributed by atoms with Gasteiger partial charge in [0.2, 0.25) is 5.82 Å². The number of benzene rings is 1. The van der Waals surface area contributed by atoms with Crippen LogP contribution in [-0.2, 0) is 0 Å². The molecule has 20 heavy (non-hydrogen) atoms. The van der Waals surface area contributed by atoms with E-state index < -0.39 is 34.8 Å². The summed E-state index contributed by atoms with van der Waals surface area (Å²) in [4.78, 5) is 0. The Morgan fingerprint density at radius 2 is 1.40 bits per heavy atom. The Kier molecular flexibility index (Phi) is 3.34. The van der Waals surface area contributed by atoms with Crippen molar-refractivity contribution in [1.29, 1.82) is 0 Å². The molecule has 3 atom stereocenters. The summed E-state index contributed by atoms with van der Waals surface area (Å²) in [5, 5.41) is 2.42. The molecule has 3 rings (SSSR count). The summed E-state index contributed by atoms with van der Waals surface area (Å²) in [7, 11) is 0. The SMILES string of the molecule is Fc1c(F)c(F)c(NCC2CC3CCC2C3)c(F)c1F. The zero-order chi connectivity index (χ0) is 14.4. The normalized spacial score (nSPS) is 28.1. The minimum Gasteiger partial charge on any atom is -0.380 e. The minimum absolute atomic E-state index is 0.250. The van der Waals surface area contributed by atoms with Crippen molar-refractivity contribution in [2.24, 2.45) is 17.8 Å². The van der Waals surface area contributed by atoms with Gasteiger partial charge in [-0.1, -0.05) is 6.42 Å². The van der Waals surface area contributed by atoms with Gasteiger partial charge in [-0.05, 0) is 37.0 Å². The highest BCUT2D eigenvalue weighted by atomic mass is 19.2. The summed E-state index contributed by atoms with van der Waals surface area (Å²) in [6.45, 7) is 0.250. The van der Waals surface area contributed by atoms with E-state index in [9.17, 15) is 22.0 Å². The number of hydrogen-bond acceptors (Lipinski definition) is 1. The maximum atomic E-state index is 13.5. The van der Waals surface area contributed by atoms with Crippen LogP contribution in [0.15, 0.2) is 0 Å². The van der Waals surface area contributed by atoms with Crippen molar-refractivity contribution in [1.82, 2.24) is 0 Å². The molecule has 2 aliphatic rings. The number of fused-ring (bicyclic) bond motifs is 2. The highest BCUT2D eigenvalue weighted by molar-refractivity contribution is 5.47. The molecule has 2 fully saturated rings. The molecule has 2 saturated carbocycles. The lowest BCUT2D eigenvalue weighted by Crippen LogP contribution is -2.22. The van der Waals surface area contributed by atoms with Gasteiger partial charge in [0.05, 0.1) is 0 Å². The van der Waals surface area contributed by atoms with E-state index in [4.69, 9.17) is 0 Å². The molecule has 110 valence electrons. The van der Waals surface area contributed by atoms with Crippen molar-refractivity contribution in [3.05, 3.63) is 29.1 Å². The van der Waals surface area contributed by atoms with Crippen molar-refractivity contribution in [2.75, 3.05) is 11.9 Å². The Labute approximate surface area is 113 Å². The van der Waals surface area contributed by atoms with Crippen LogP contribution in [0.25, 0.3) is 0 Å². The molecule has 2 aliphatic carbocycles. The number of anilines is 1. The molecule has 6 heteroatoms. The molecule has 0 aliphatic heterocycles. The third kappa shape index (κ3) is 2.05. The largest absolute Gasteiger partial charge is 0.380 e. The molecule has 1 aromatic rings. The topological polar surface area (TPSA) is 12.0 Å². The van der Waals surface area contributed by atoms with Crippen LogP contribution in [0.1, 0.15) is 25.7 Å². The van der Waals surface area contributed by atoms with Gasteiger partial charge in [-0.15, -0.1) is 0 Å². The van der Waals surface area contributed by atoms with Crippen LogP contribution in [0.4, 0.5) is 27.6 Å². The van der Waals surface area contributed by atoms with Gasteiger partial charge in [0, 0.05) is 6.54 Å². The third-order valence-electron chi connectivity index (χ3n) is 4.64. The van der Waals surface area contributed by atoms with Crippen LogP contribution in [0, 0.1) is 46.8 Å². The Balaban J connectivity index is 1.78. The van der Waals surface area contributed by atoms with Crippen LogP contribution in [0.5, 0.6) is 0 Å². The lowest BCUT2D eigenvalue weighted by molar-refractivity contribution is 0.345. The Morgan fingerprint density at radius 3 is 1.90 bits per heavy atom. The van der Waals surface area contributed by atoms with Crippen molar-refractivity contribution in [2.45, 2.75) is 25.7 Å². The van der Waals surface area contributed by atoms with Gasteiger partial charge in [-0.25, -0.2) is 22.0 Å². The van der Waals surface area contributed by atoms with Gasteiger partial charge in [0.25, 0.3) is 0 Å². The van der Waals surface area contributed by atoms with Crippen LogP contribution >= 0.6 is 0 Å². The first kappa shape index (κ1) is 13.6. The van der Waals surface area contributed by atoms with Crippen molar-refractivity contribution in [3.8, 4) is 0 Å². The molecule has 0 spiro atoms. The molecular weight excluding hydrogens is 277 g/mol. The average Bonchev–Trinajstić information content (AvgIpc) is 3.05. The van der Waals surface area contributed by atoms with Gasteiger partial charge < -0.3 is 5.32 Å². The summed E-state index contributed by atoms with van der Waals surface area (Å²) in [6.07, 6.45) is 4.36. The monoisotopic (exact) mass is 291 g/mol. The molecular formula is C14H14F5N. The van der Waals surface area contributed by atoms with Gasteiger partial charge in [-0.2, -0.15) is 0 Å². The van der Waals surface area contributed by atoms with Gasteiger partial charge in [0.1, 0.15) is 5.69 Å². The number of nitrogens with one attached hydrogen (secondary N) is 1. The molecule has 0 aromatic heterocycles. The first-order valence-electron chi connectivity index (χ1n) is 6.74. The molecule has 1 nitrogen and oxygen atoms in total. The standard InChI is InChI=1S/C14H14F5N/c15-9-10(16)12(18)14(13(19)11(9)17)20-5-8-4-6-1-2-7(8)3-6/h6-8,20H,1-5H2. The second-order valence-electron chi connectivity index (χ2n) is 5.76. The van der Waals surface area contributed by atoms with Crippen molar-refractivity contribution >= 4 is 5.69 Å². The molecule has 2 bridgehead atoms. The smallest absolute Gasteiger partial charge is 0.200 e. The second kappa shape index (κ2) is 4.90. The maximum absolute atomic E-state index is 13.5. The molecule has 3 unspecified atom stereocenters. The highest BCUT2D eigenvalue weighted by Crippen LogP contribution is 2.48. The fraction of sp³-hybridized carbons (Fsp3) is 0.571. The van der Waals surface area contributed by atoms with Crippen LogP contribution in [-0.4, -0.2) is 6.54 Å².